The minimum Gasteiger partial charge on any atom is -0.271 e. The molecule has 0 saturated carbocycles. The highest BCUT2D eigenvalue weighted by Crippen LogP contribution is 2.29. The first-order valence-corrected chi connectivity index (χ1v) is 6.82. The molecule has 0 aliphatic heterocycles. The van der Waals surface area contributed by atoms with Crippen molar-refractivity contribution < 1.29 is 4.39 Å². The fraction of sp³-hybridized carbons (Fsp3) is 0.0625. The summed E-state index contributed by atoms with van der Waals surface area (Å²) in [6.07, 6.45) is 3.51. The summed E-state index contributed by atoms with van der Waals surface area (Å²) in [4.78, 5) is 4.15. The van der Waals surface area contributed by atoms with E-state index in [1.165, 1.54) is 12.1 Å². The average Bonchev–Trinajstić information content (AvgIpc) is 2.52. The molecule has 0 aliphatic carbocycles. The molecule has 0 aliphatic rings. The molecular formula is C16H13ClFN3. The summed E-state index contributed by atoms with van der Waals surface area (Å²) >= 11 is 5.73. The molecule has 0 bridgehead atoms. The van der Waals surface area contributed by atoms with E-state index in [1.807, 2.05) is 24.3 Å². The van der Waals surface area contributed by atoms with Gasteiger partial charge in [-0.2, -0.15) is 0 Å². The van der Waals surface area contributed by atoms with Gasteiger partial charge in [-0.15, -0.1) is 0 Å². The summed E-state index contributed by atoms with van der Waals surface area (Å²) in [7, 11) is 0. The highest BCUT2D eigenvalue weighted by molar-refractivity contribution is 6.30. The van der Waals surface area contributed by atoms with E-state index in [0.29, 0.717) is 5.56 Å². The van der Waals surface area contributed by atoms with Crippen molar-refractivity contribution in [2.24, 2.45) is 5.84 Å². The van der Waals surface area contributed by atoms with Crippen molar-refractivity contribution in [1.29, 1.82) is 0 Å². The molecule has 0 radical (unpaired) electrons. The number of aromatic nitrogens is 1. The molecule has 1 heterocycles. The van der Waals surface area contributed by atoms with Crippen LogP contribution in [0.2, 0.25) is 5.02 Å². The van der Waals surface area contributed by atoms with Crippen LogP contribution in [0.4, 0.5) is 4.39 Å². The summed E-state index contributed by atoms with van der Waals surface area (Å²) in [6.45, 7) is 0. The number of rotatable bonds is 3. The van der Waals surface area contributed by atoms with Crippen LogP contribution in [-0.4, -0.2) is 4.98 Å². The van der Waals surface area contributed by atoms with Gasteiger partial charge in [0, 0.05) is 17.8 Å². The number of hydrazine groups is 1. The van der Waals surface area contributed by atoms with E-state index >= 15 is 0 Å². The maximum Gasteiger partial charge on any atom is 0.142 e. The predicted octanol–water partition coefficient (Wildman–Crippen LogP) is 3.58. The minimum atomic E-state index is -0.465. The van der Waals surface area contributed by atoms with Gasteiger partial charge < -0.3 is 0 Å². The van der Waals surface area contributed by atoms with Crippen molar-refractivity contribution in [3.63, 3.8) is 0 Å². The summed E-state index contributed by atoms with van der Waals surface area (Å²) in [5, 5.41) is 2.12. The van der Waals surface area contributed by atoms with Crippen molar-refractivity contribution in [3.8, 4) is 0 Å². The predicted molar refractivity (Wildman–Crippen MR) is 82.3 cm³/mol. The van der Waals surface area contributed by atoms with Crippen LogP contribution in [0.3, 0.4) is 0 Å². The van der Waals surface area contributed by atoms with Crippen molar-refractivity contribution in [2.75, 3.05) is 0 Å². The van der Waals surface area contributed by atoms with Crippen LogP contribution in [0.5, 0.6) is 0 Å². The first-order valence-electron chi connectivity index (χ1n) is 6.44. The molecule has 0 saturated heterocycles. The van der Waals surface area contributed by atoms with Crippen LogP contribution in [0, 0.1) is 5.82 Å². The van der Waals surface area contributed by atoms with E-state index in [1.54, 1.807) is 18.5 Å². The molecule has 1 atom stereocenters. The van der Waals surface area contributed by atoms with Gasteiger partial charge in [0.25, 0.3) is 0 Å². The summed E-state index contributed by atoms with van der Waals surface area (Å²) < 4.78 is 13.7. The van der Waals surface area contributed by atoms with Crippen LogP contribution in [0.25, 0.3) is 10.8 Å². The molecule has 106 valence electrons. The van der Waals surface area contributed by atoms with Crippen LogP contribution < -0.4 is 11.3 Å². The molecule has 3 rings (SSSR count). The lowest BCUT2D eigenvalue weighted by molar-refractivity contribution is 0.607. The van der Waals surface area contributed by atoms with Crippen LogP contribution >= 0.6 is 11.6 Å². The monoisotopic (exact) mass is 301 g/mol. The maximum atomic E-state index is 13.7. The SMILES string of the molecule is NNC(c1ccc(Cl)c(F)c1)c1cccc2ccncc12. The zero-order chi connectivity index (χ0) is 14.8. The van der Waals surface area contributed by atoms with Gasteiger partial charge in [-0.05, 0) is 34.7 Å². The molecular weight excluding hydrogens is 289 g/mol. The van der Waals surface area contributed by atoms with E-state index in [2.05, 4.69) is 10.4 Å². The van der Waals surface area contributed by atoms with Crippen molar-refractivity contribution in [1.82, 2.24) is 10.4 Å². The van der Waals surface area contributed by atoms with E-state index in [-0.39, 0.29) is 11.1 Å². The molecule has 0 spiro atoms. The second-order valence-electron chi connectivity index (χ2n) is 4.72. The number of fused-ring (bicyclic) bond motifs is 1. The quantitative estimate of drug-likeness (QED) is 0.574. The van der Waals surface area contributed by atoms with Gasteiger partial charge in [0.2, 0.25) is 0 Å². The van der Waals surface area contributed by atoms with Gasteiger partial charge in [0.15, 0.2) is 0 Å². The zero-order valence-electron chi connectivity index (χ0n) is 11.1. The molecule has 2 aromatic carbocycles. The lowest BCUT2D eigenvalue weighted by atomic mass is 9.95. The fourth-order valence-corrected chi connectivity index (χ4v) is 2.56. The number of halogens is 2. The summed E-state index contributed by atoms with van der Waals surface area (Å²) in [5.41, 5.74) is 4.38. The lowest BCUT2D eigenvalue weighted by Crippen LogP contribution is -2.29. The Kier molecular flexibility index (Phi) is 3.84. The number of nitrogens with two attached hydrogens (primary N) is 1. The molecule has 3 N–H and O–H groups in total. The molecule has 5 heteroatoms. The van der Waals surface area contributed by atoms with Gasteiger partial charge in [-0.1, -0.05) is 35.9 Å². The number of hydrogen-bond donors (Lipinski definition) is 2. The Morgan fingerprint density at radius 1 is 1.19 bits per heavy atom. The number of hydrogen-bond acceptors (Lipinski definition) is 3. The number of nitrogens with zero attached hydrogens (tertiary/aromatic N) is 1. The zero-order valence-corrected chi connectivity index (χ0v) is 11.8. The summed E-state index contributed by atoms with van der Waals surface area (Å²) in [6, 6.07) is 12.1. The van der Waals surface area contributed by atoms with Crippen molar-refractivity contribution >= 4 is 22.4 Å². The maximum absolute atomic E-state index is 13.7. The minimum absolute atomic E-state index is 0.0918. The van der Waals surface area contributed by atoms with E-state index in [9.17, 15) is 4.39 Å². The molecule has 1 unspecified atom stereocenters. The van der Waals surface area contributed by atoms with Gasteiger partial charge in [-0.3, -0.25) is 10.8 Å². The second kappa shape index (κ2) is 5.77. The highest BCUT2D eigenvalue weighted by Gasteiger charge is 2.16. The molecule has 1 aromatic heterocycles. The van der Waals surface area contributed by atoms with Gasteiger partial charge in [-0.25, -0.2) is 9.82 Å². The largest absolute Gasteiger partial charge is 0.271 e. The summed E-state index contributed by atoms with van der Waals surface area (Å²) in [5.74, 6) is 5.23. The average molecular weight is 302 g/mol. The van der Waals surface area contributed by atoms with Crippen LogP contribution in [0.1, 0.15) is 17.2 Å². The van der Waals surface area contributed by atoms with Gasteiger partial charge >= 0.3 is 0 Å². The van der Waals surface area contributed by atoms with E-state index in [0.717, 1.165) is 16.3 Å². The van der Waals surface area contributed by atoms with Crippen molar-refractivity contribution in [2.45, 2.75) is 6.04 Å². The van der Waals surface area contributed by atoms with Crippen molar-refractivity contribution in [3.05, 3.63) is 76.8 Å². The molecule has 0 amide bonds. The smallest absolute Gasteiger partial charge is 0.142 e. The van der Waals surface area contributed by atoms with Gasteiger partial charge in [0.1, 0.15) is 5.82 Å². The Morgan fingerprint density at radius 2 is 2.05 bits per heavy atom. The Bertz CT molecular complexity index is 786. The first kappa shape index (κ1) is 13.9. The third-order valence-electron chi connectivity index (χ3n) is 3.47. The number of pyridine rings is 1. The Labute approximate surface area is 126 Å². The fourth-order valence-electron chi connectivity index (χ4n) is 2.45. The molecule has 3 nitrogen and oxygen atoms in total. The van der Waals surface area contributed by atoms with E-state index < -0.39 is 5.82 Å². The topological polar surface area (TPSA) is 50.9 Å². The van der Waals surface area contributed by atoms with Crippen LogP contribution in [-0.2, 0) is 0 Å². The lowest BCUT2D eigenvalue weighted by Gasteiger charge is -2.19. The van der Waals surface area contributed by atoms with Gasteiger partial charge in [0.05, 0.1) is 11.1 Å². The Morgan fingerprint density at radius 3 is 2.81 bits per heavy atom. The normalized spacial score (nSPS) is 12.5. The standard InChI is InChI=1S/C16H13ClFN3/c17-14-5-4-11(8-15(14)18)16(21-19)12-3-1-2-10-6-7-20-9-13(10)12/h1-9,16,21H,19H2. The number of nitrogens with one attached hydrogen (secondary N) is 1. The second-order valence-corrected chi connectivity index (χ2v) is 5.12. The van der Waals surface area contributed by atoms with E-state index in [4.69, 9.17) is 17.4 Å². The van der Waals surface area contributed by atoms with Crippen LogP contribution in [0.15, 0.2) is 54.9 Å². The first-order chi connectivity index (χ1) is 10.2. The Hall–Kier alpha value is -2.01. The molecule has 0 fully saturated rings. The molecule has 3 aromatic rings. The Balaban J connectivity index is 2.16. The third kappa shape index (κ3) is 2.61. The molecule has 21 heavy (non-hydrogen) atoms. The third-order valence-corrected chi connectivity index (χ3v) is 3.78. The highest BCUT2D eigenvalue weighted by atomic mass is 35.5. The number of benzene rings is 2.